The summed E-state index contributed by atoms with van der Waals surface area (Å²) in [6, 6.07) is 4.74. The number of sulfonamides is 1. The van der Waals surface area contributed by atoms with Crippen LogP contribution in [0.1, 0.15) is 39.2 Å². The molecule has 1 aliphatic rings. The van der Waals surface area contributed by atoms with E-state index in [2.05, 4.69) is 4.72 Å². The number of carbonyl (C=O) groups is 1. The Morgan fingerprint density at radius 2 is 2.04 bits per heavy atom. The van der Waals surface area contributed by atoms with Gasteiger partial charge in [0.1, 0.15) is 5.60 Å². The molecule has 0 spiro atoms. The van der Waals surface area contributed by atoms with Gasteiger partial charge in [0, 0.05) is 29.7 Å². The van der Waals surface area contributed by atoms with Crippen molar-refractivity contribution in [2.45, 2.75) is 45.0 Å². The van der Waals surface area contributed by atoms with Gasteiger partial charge in [-0.15, -0.1) is 0 Å². The molecule has 1 aromatic rings. The maximum atomic E-state index is 12.4. The molecule has 0 unspecified atom stereocenters. The molecule has 0 aromatic heterocycles. The highest BCUT2D eigenvalue weighted by atomic mass is 35.5. The molecule has 0 radical (unpaired) electrons. The Labute approximate surface area is 171 Å². The largest absolute Gasteiger partial charge is 0.444 e. The number of hydrogen-bond donors (Lipinski definition) is 1. The lowest BCUT2D eigenvalue weighted by atomic mass is 9.99. The standard InChI is InChI=1S/C18H26Cl2N2O4S/c1-18(2,3)26-17(23)22-8-4-5-13(11-22)10-21-27(24,25)12-14-6-7-15(19)9-16(14)20/h6-7,9,13,21H,4-5,8,10-12H2,1-3H3/t13-/m0/s1. The highest BCUT2D eigenvalue weighted by Gasteiger charge is 2.28. The number of rotatable bonds is 5. The van der Waals surface area contributed by atoms with Crippen molar-refractivity contribution < 1.29 is 17.9 Å². The van der Waals surface area contributed by atoms with Crippen LogP contribution < -0.4 is 4.72 Å². The molecule has 152 valence electrons. The van der Waals surface area contributed by atoms with E-state index in [0.717, 1.165) is 12.8 Å². The van der Waals surface area contributed by atoms with Gasteiger partial charge in [-0.05, 0) is 57.2 Å². The van der Waals surface area contributed by atoms with Crippen LogP contribution in [0.25, 0.3) is 0 Å². The van der Waals surface area contributed by atoms with Gasteiger partial charge in [0.15, 0.2) is 0 Å². The summed E-state index contributed by atoms with van der Waals surface area (Å²) in [6.07, 6.45) is 1.31. The van der Waals surface area contributed by atoms with E-state index in [9.17, 15) is 13.2 Å². The van der Waals surface area contributed by atoms with Crippen molar-refractivity contribution in [1.29, 1.82) is 0 Å². The van der Waals surface area contributed by atoms with Crippen molar-refractivity contribution in [2.24, 2.45) is 5.92 Å². The van der Waals surface area contributed by atoms with Gasteiger partial charge in [0.2, 0.25) is 10.0 Å². The summed E-state index contributed by atoms with van der Waals surface area (Å²) in [4.78, 5) is 13.8. The molecule has 9 heteroatoms. The number of likely N-dealkylation sites (tertiary alicyclic amines) is 1. The van der Waals surface area contributed by atoms with Crippen molar-refractivity contribution in [3.63, 3.8) is 0 Å². The van der Waals surface area contributed by atoms with E-state index in [4.69, 9.17) is 27.9 Å². The van der Waals surface area contributed by atoms with Gasteiger partial charge in [-0.25, -0.2) is 17.9 Å². The van der Waals surface area contributed by atoms with Crippen LogP contribution in [0.5, 0.6) is 0 Å². The normalized spacial score (nSPS) is 18.4. The maximum Gasteiger partial charge on any atom is 0.410 e. The fraction of sp³-hybridized carbons (Fsp3) is 0.611. The van der Waals surface area contributed by atoms with Gasteiger partial charge in [0.25, 0.3) is 0 Å². The van der Waals surface area contributed by atoms with E-state index in [0.29, 0.717) is 28.7 Å². The van der Waals surface area contributed by atoms with Crippen molar-refractivity contribution in [2.75, 3.05) is 19.6 Å². The van der Waals surface area contributed by atoms with E-state index >= 15 is 0 Å². The Hall–Kier alpha value is -1.02. The van der Waals surface area contributed by atoms with Gasteiger partial charge in [-0.3, -0.25) is 0 Å². The molecular weight excluding hydrogens is 411 g/mol. The average molecular weight is 437 g/mol. The minimum absolute atomic E-state index is 0.0433. The SMILES string of the molecule is CC(C)(C)OC(=O)N1CCC[C@@H](CNS(=O)(=O)Cc2ccc(Cl)cc2Cl)C1. The van der Waals surface area contributed by atoms with Crippen molar-refractivity contribution in [3.8, 4) is 0 Å². The van der Waals surface area contributed by atoms with E-state index in [1.54, 1.807) is 17.0 Å². The van der Waals surface area contributed by atoms with Crippen molar-refractivity contribution in [3.05, 3.63) is 33.8 Å². The second-order valence-corrected chi connectivity index (χ2v) is 10.4. The van der Waals surface area contributed by atoms with Crippen LogP contribution in [0.3, 0.4) is 0 Å². The monoisotopic (exact) mass is 436 g/mol. The predicted octanol–water partition coefficient (Wildman–Crippen LogP) is 4.06. The number of ether oxygens (including phenoxy) is 1. The first-order chi connectivity index (χ1) is 12.5. The van der Waals surface area contributed by atoms with Crippen LogP contribution in [0.4, 0.5) is 4.79 Å². The Morgan fingerprint density at radius 3 is 2.67 bits per heavy atom. The van der Waals surface area contributed by atoms with E-state index in [1.165, 1.54) is 6.07 Å². The zero-order valence-corrected chi connectivity index (χ0v) is 18.1. The number of carbonyl (C=O) groups excluding carboxylic acids is 1. The molecule has 0 aliphatic carbocycles. The van der Waals surface area contributed by atoms with E-state index < -0.39 is 15.6 Å². The minimum Gasteiger partial charge on any atom is -0.444 e. The quantitative estimate of drug-likeness (QED) is 0.754. The van der Waals surface area contributed by atoms with Crippen molar-refractivity contribution in [1.82, 2.24) is 9.62 Å². The number of nitrogens with zero attached hydrogens (tertiary/aromatic N) is 1. The van der Waals surface area contributed by atoms with Crippen LogP contribution in [0.2, 0.25) is 10.0 Å². The molecule has 0 bridgehead atoms. The number of hydrogen-bond acceptors (Lipinski definition) is 4. The Bertz CT molecular complexity index is 778. The average Bonchev–Trinajstić information content (AvgIpc) is 2.54. The first-order valence-corrected chi connectivity index (χ1v) is 11.3. The molecule has 1 heterocycles. The predicted molar refractivity (Wildman–Crippen MR) is 108 cm³/mol. The van der Waals surface area contributed by atoms with Crippen LogP contribution in [-0.2, 0) is 20.5 Å². The summed E-state index contributed by atoms with van der Waals surface area (Å²) < 4.78 is 32.8. The third kappa shape index (κ3) is 7.49. The fourth-order valence-corrected chi connectivity index (χ4v) is 4.67. The third-order valence-corrected chi connectivity index (χ3v) is 6.01. The molecule has 1 fully saturated rings. The molecule has 1 atom stereocenters. The molecule has 1 aromatic carbocycles. The molecule has 1 saturated heterocycles. The lowest BCUT2D eigenvalue weighted by Gasteiger charge is -2.34. The highest BCUT2D eigenvalue weighted by Crippen LogP contribution is 2.23. The molecule has 6 nitrogen and oxygen atoms in total. The smallest absolute Gasteiger partial charge is 0.410 e. The summed E-state index contributed by atoms with van der Waals surface area (Å²) in [5.74, 6) is -0.173. The summed E-state index contributed by atoms with van der Waals surface area (Å²) >= 11 is 11.9. The van der Waals surface area contributed by atoms with Crippen LogP contribution in [0, 0.1) is 5.92 Å². The number of benzene rings is 1. The number of amides is 1. The Kier molecular flexibility index (Phi) is 7.41. The molecule has 2 rings (SSSR count). The van der Waals surface area contributed by atoms with Crippen LogP contribution in [-0.4, -0.2) is 44.6 Å². The third-order valence-electron chi connectivity index (χ3n) is 4.12. The first kappa shape index (κ1) is 22.3. The molecular formula is C18H26Cl2N2O4S. The second-order valence-electron chi connectivity index (χ2n) is 7.78. The first-order valence-electron chi connectivity index (χ1n) is 8.84. The number of piperidine rings is 1. The van der Waals surface area contributed by atoms with E-state index in [1.807, 2.05) is 20.8 Å². The summed E-state index contributed by atoms with van der Waals surface area (Å²) in [5.41, 5.74) is -0.0590. The van der Waals surface area contributed by atoms with Gasteiger partial charge < -0.3 is 9.64 Å². The van der Waals surface area contributed by atoms with E-state index in [-0.39, 0.29) is 24.3 Å². The summed E-state index contributed by atoms with van der Waals surface area (Å²) in [6.45, 7) is 6.83. The Balaban J connectivity index is 1.90. The molecule has 1 N–H and O–H groups in total. The lowest BCUT2D eigenvalue weighted by molar-refractivity contribution is 0.0169. The molecule has 27 heavy (non-hydrogen) atoms. The zero-order valence-electron chi connectivity index (χ0n) is 15.8. The highest BCUT2D eigenvalue weighted by molar-refractivity contribution is 7.88. The number of halogens is 2. The molecule has 1 aliphatic heterocycles. The lowest BCUT2D eigenvalue weighted by Crippen LogP contribution is -2.45. The van der Waals surface area contributed by atoms with Crippen molar-refractivity contribution >= 4 is 39.3 Å². The minimum atomic E-state index is -3.55. The van der Waals surface area contributed by atoms with Crippen LogP contribution in [0.15, 0.2) is 18.2 Å². The van der Waals surface area contributed by atoms with Gasteiger partial charge in [0.05, 0.1) is 5.75 Å². The van der Waals surface area contributed by atoms with Gasteiger partial charge >= 0.3 is 6.09 Å². The van der Waals surface area contributed by atoms with Crippen LogP contribution >= 0.6 is 23.2 Å². The topological polar surface area (TPSA) is 75.7 Å². The molecule has 0 saturated carbocycles. The fourth-order valence-electron chi connectivity index (χ4n) is 2.86. The Morgan fingerprint density at radius 1 is 1.33 bits per heavy atom. The molecule has 1 amide bonds. The second kappa shape index (κ2) is 8.99. The van der Waals surface area contributed by atoms with Gasteiger partial charge in [-0.1, -0.05) is 29.3 Å². The van der Waals surface area contributed by atoms with Gasteiger partial charge in [-0.2, -0.15) is 0 Å². The summed E-state index contributed by atoms with van der Waals surface area (Å²) in [5, 5.41) is 0.778. The number of nitrogens with one attached hydrogen (secondary N) is 1. The maximum absolute atomic E-state index is 12.4. The zero-order chi connectivity index (χ0) is 20.2. The summed E-state index contributed by atoms with van der Waals surface area (Å²) in [7, 11) is -3.55.